The molecule has 0 aliphatic heterocycles. The Labute approximate surface area is 173 Å². The number of nitrogens with zero attached hydrogens (tertiary/aromatic N) is 3. The van der Waals surface area contributed by atoms with E-state index in [1.807, 2.05) is 14.0 Å². The molecule has 1 atom stereocenters. The van der Waals surface area contributed by atoms with Gasteiger partial charge in [-0.2, -0.15) is 9.29 Å². The standard InChI is InChI=1S/C19H28N4O3S.ClH/c1-14(20-2)13-18-21-19(26-22-18)15-9-11-17(12-10-15)27(24,25)23(3)16-7-5-4-6-8-16;/h9-12,14,16,20H,4-8,13H2,1-3H3;1H. The van der Waals surface area contributed by atoms with E-state index in [9.17, 15) is 8.42 Å². The second-order valence-electron chi connectivity index (χ2n) is 7.25. The maximum atomic E-state index is 12.9. The normalized spacial score (nSPS) is 16.7. The summed E-state index contributed by atoms with van der Waals surface area (Å²) >= 11 is 0. The molecule has 1 aromatic carbocycles. The van der Waals surface area contributed by atoms with Crippen molar-refractivity contribution in [2.75, 3.05) is 14.1 Å². The summed E-state index contributed by atoms with van der Waals surface area (Å²) in [7, 11) is 0.0778. The summed E-state index contributed by atoms with van der Waals surface area (Å²) in [6.07, 6.45) is 5.91. The SMILES string of the molecule is CNC(C)Cc1noc(-c2ccc(S(=O)(=O)N(C)C3CCCCC3)cc2)n1.Cl. The molecule has 0 amide bonds. The fraction of sp³-hybridized carbons (Fsp3) is 0.579. The van der Waals surface area contributed by atoms with Crippen molar-refractivity contribution in [2.24, 2.45) is 0 Å². The molecule has 7 nitrogen and oxygen atoms in total. The van der Waals surface area contributed by atoms with Gasteiger partial charge in [0.05, 0.1) is 4.90 Å². The van der Waals surface area contributed by atoms with E-state index in [1.54, 1.807) is 31.3 Å². The van der Waals surface area contributed by atoms with Crippen LogP contribution in [0.3, 0.4) is 0 Å². The minimum Gasteiger partial charge on any atom is -0.334 e. The molecule has 9 heteroatoms. The van der Waals surface area contributed by atoms with E-state index < -0.39 is 10.0 Å². The predicted molar refractivity (Wildman–Crippen MR) is 111 cm³/mol. The lowest BCUT2D eigenvalue weighted by Gasteiger charge is -2.30. The van der Waals surface area contributed by atoms with Crippen molar-refractivity contribution in [3.8, 4) is 11.5 Å². The molecule has 28 heavy (non-hydrogen) atoms. The van der Waals surface area contributed by atoms with Crippen LogP contribution in [0, 0.1) is 0 Å². The Kier molecular flexibility index (Phi) is 8.00. The topological polar surface area (TPSA) is 88.3 Å². The molecule has 0 bridgehead atoms. The number of hydrogen-bond acceptors (Lipinski definition) is 6. The van der Waals surface area contributed by atoms with Crippen LogP contribution in [-0.4, -0.2) is 49.0 Å². The molecule has 1 heterocycles. The first-order valence-electron chi connectivity index (χ1n) is 9.50. The van der Waals surface area contributed by atoms with Crippen LogP contribution in [0.25, 0.3) is 11.5 Å². The highest BCUT2D eigenvalue weighted by molar-refractivity contribution is 7.89. The van der Waals surface area contributed by atoms with Crippen molar-refractivity contribution in [3.63, 3.8) is 0 Å². The quantitative estimate of drug-likeness (QED) is 0.728. The summed E-state index contributed by atoms with van der Waals surface area (Å²) in [5.41, 5.74) is 0.713. The van der Waals surface area contributed by atoms with Gasteiger partial charge in [-0.1, -0.05) is 24.4 Å². The Balaban J connectivity index is 0.00000280. The first kappa shape index (κ1) is 22.8. The number of likely N-dealkylation sites (N-methyl/N-ethyl adjacent to an activating group) is 1. The number of rotatable bonds is 7. The minimum absolute atomic E-state index is 0. The number of nitrogens with one attached hydrogen (secondary N) is 1. The van der Waals surface area contributed by atoms with Crippen LogP contribution in [0.4, 0.5) is 0 Å². The van der Waals surface area contributed by atoms with E-state index in [2.05, 4.69) is 15.5 Å². The summed E-state index contributed by atoms with van der Waals surface area (Å²) in [5.74, 6) is 1.03. The number of hydrogen-bond donors (Lipinski definition) is 1. The van der Waals surface area contributed by atoms with Crippen LogP contribution in [0.2, 0.25) is 0 Å². The molecule has 1 N–H and O–H groups in total. The van der Waals surface area contributed by atoms with Crippen molar-refractivity contribution < 1.29 is 12.9 Å². The lowest BCUT2D eigenvalue weighted by Crippen LogP contribution is -2.38. The molecule has 1 fully saturated rings. The third kappa shape index (κ3) is 5.11. The van der Waals surface area contributed by atoms with Crippen molar-refractivity contribution in [1.82, 2.24) is 19.8 Å². The summed E-state index contributed by atoms with van der Waals surface area (Å²) in [6.45, 7) is 2.04. The Morgan fingerprint density at radius 2 is 1.86 bits per heavy atom. The number of benzene rings is 1. The van der Waals surface area contributed by atoms with Crippen molar-refractivity contribution in [2.45, 2.75) is 62.4 Å². The second kappa shape index (κ2) is 9.82. The van der Waals surface area contributed by atoms with E-state index in [-0.39, 0.29) is 24.5 Å². The molecule has 0 saturated heterocycles. The van der Waals surface area contributed by atoms with Gasteiger partial charge < -0.3 is 9.84 Å². The van der Waals surface area contributed by atoms with Gasteiger partial charge in [-0.15, -0.1) is 12.4 Å². The highest BCUT2D eigenvalue weighted by Gasteiger charge is 2.29. The number of sulfonamides is 1. The summed E-state index contributed by atoms with van der Waals surface area (Å²) in [6, 6.07) is 7.02. The maximum absolute atomic E-state index is 12.9. The summed E-state index contributed by atoms with van der Waals surface area (Å²) < 4.78 is 32.7. The Morgan fingerprint density at radius 1 is 1.21 bits per heavy atom. The molecule has 2 aromatic rings. The molecule has 0 spiro atoms. The van der Waals surface area contributed by atoms with Gasteiger partial charge in [0.15, 0.2) is 5.82 Å². The predicted octanol–water partition coefficient (Wildman–Crippen LogP) is 3.26. The molecule has 1 aliphatic rings. The molecule has 1 aliphatic carbocycles. The van der Waals surface area contributed by atoms with Gasteiger partial charge in [0.25, 0.3) is 5.89 Å². The van der Waals surface area contributed by atoms with Crippen LogP contribution in [0.1, 0.15) is 44.9 Å². The van der Waals surface area contributed by atoms with E-state index in [1.165, 1.54) is 10.7 Å². The fourth-order valence-electron chi connectivity index (χ4n) is 3.41. The average Bonchev–Trinajstić information content (AvgIpc) is 3.16. The van der Waals surface area contributed by atoms with Crippen LogP contribution < -0.4 is 5.32 Å². The zero-order valence-electron chi connectivity index (χ0n) is 16.6. The minimum atomic E-state index is -3.49. The third-order valence-electron chi connectivity index (χ3n) is 5.32. The van der Waals surface area contributed by atoms with E-state index >= 15 is 0 Å². The Bertz CT molecular complexity index is 848. The molecule has 3 rings (SSSR count). The second-order valence-corrected chi connectivity index (χ2v) is 9.24. The van der Waals surface area contributed by atoms with E-state index in [0.29, 0.717) is 28.6 Å². The van der Waals surface area contributed by atoms with Gasteiger partial charge in [-0.05, 0) is 51.1 Å². The Morgan fingerprint density at radius 3 is 2.46 bits per heavy atom. The molecular weight excluding hydrogens is 400 g/mol. The highest BCUT2D eigenvalue weighted by Crippen LogP contribution is 2.27. The van der Waals surface area contributed by atoms with Gasteiger partial charge in [0.2, 0.25) is 10.0 Å². The maximum Gasteiger partial charge on any atom is 0.257 e. The fourth-order valence-corrected chi connectivity index (χ4v) is 4.82. The van der Waals surface area contributed by atoms with Crippen LogP contribution >= 0.6 is 12.4 Å². The van der Waals surface area contributed by atoms with Crippen molar-refractivity contribution >= 4 is 22.4 Å². The molecular formula is C19H29ClN4O3S. The lowest BCUT2D eigenvalue weighted by atomic mass is 9.96. The Hall–Kier alpha value is -1.48. The average molecular weight is 429 g/mol. The lowest BCUT2D eigenvalue weighted by molar-refractivity contribution is 0.286. The van der Waals surface area contributed by atoms with Crippen LogP contribution in [0.5, 0.6) is 0 Å². The number of halogens is 1. The van der Waals surface area contributed by atoms with Crippen molar-refractivity contribution in [1.29, 1.82) is 0 Å². The zero-order chi connectivity index (χ0) is 19.4. The van der Waals surface area contributed by atoms with E-state index in [4.69, 9.17) is 4.52 Å². The van der Waals surface area contributed by atoms with Gasteiger partial charge in [0.1, 0.15) is 0 Å². The monoisotopic (exact) mass is 428 g/mol. The van der Waals surface area contributed by atoms with Gasteiger partial charge in [0, 0.05) is 31.1 Å². The third-order valence-corrected chi connectivity index (χ3v) is 7.24. The first-order chi connectivity index (χ1) is 12.9. The molecule has 1 aromatic heterocycles. The van der Waals surface area contributed by atoms with E-state index in [0.717, 1.165) is 25.7 Å². The molecule has 0 radical (unpaired) electrons. The summed E-state index contributed by atoms with van der Waals surface area (Å²) in [5, 5.41) is 7.12. The molecule has 1 saturated carbocycles. The molecule has 1 unspecified atom stereocenters. The smallest absolute Gasteiger partial charge is 0.257 e. The van der Waals surface area contributed by atoms with Gasteiger partial charge in [-0.25, -0.2) is 8.42 Å². The van der Waals surface area contributed by atoms with Gasteiger partial charge in [-0.3, -0.25) is 0 Å². The largest absolute Gasteiger partial charge is 0.334 e. The van der Waals surface area contributed by atoms with Gasteiger partial charge >= 0.3 is 0 Å². The van der Waals surface area contributed by atoms with Crippen molar-refractivity contribution in [3.05, 3.63) is 30.1 Å². The summed E-state index contributed by atoms with van der Waals surface area (Å²) in [4.78, 5) is 4.69. The molecule has 156 valence electrons. The first-order valence-corrected chi connectivity index (χ1v) is 10.9. The van der Waals surface area contributed by atoms with Crippen LogP contribution in [-0.2, 0) is 16.4 Å². The highest BCUT2D eigenvalue weighted by atomic mass is 35.5. The zero-order valence-corrected chi connectivity index (χ0v) is 18.2. The van der Waals surface area contributed by atoms with Crippen LogP contribution in [0.15, 0.2) is 33.7 Å². The number of aromatic nitrogens is 2.